The molecule has 1 rings (SSSR count). The molecule has 0 aliphatic rings. The first kappa shape index (κ1) is 13.7. The Morgan fingerprint density at radius 1 is 1.31 bits per heavy atom. The van der Waals surface area contributed by atoms with E-state index in [0.717, 1.165) is 12.5 Å². The zero-order chi connectivity index (χ0) is 12.1. The van der Waals surface area contributed by atoms with Crippen LogP contribution >= 0.6 is 11.3 Å². The van der Waals surface area contributed by atoms with Crippen LogP contribution in [0.5, 0.6) is 0 Å². The minimum Gasteiger partial charge on any atom is -0.308 e. The lowest BCUT2D eigenvalue weighted by Crippen LogP contribution is -2.31. The van der Waals surface area contributed by atoms with Crippen LogP contribution in [0.3, 0.4) is 0 Å². The lowest BCUT2D eigenvalue weighted by atomic mass is 10.0. The van der Waals surface area contributed by atoms with Gasteiger partial charge in [0, 0.05) is 18.0 Å². The second-order valence-electron chi connectivity index (χ2n) is 4.88. The van der Waals surface area contributed by atoms with Crippen LogP contribution in [-0.2, 0) is 6.54 Å². The summed E-state index contributed by atoms with van der Waals surface area (Å²) in [6, 6.07) is 0.566. The zero-order valence-electron chi connectivity index (χ0n) is 11.1. The van der Waals surface area contributed by atoms with Crippen molar-refractivity contribution in [3.8, 4) is 0 Å². The largest absolute Gasteiger partial charge is 0.308 e. The predicted molar refractivity (Wildman–Crippen MR) is 72.0 cm³/mol. The van der Waals surface area contributed by atoms with Crippen molar-refractivity contribution in [3.05, 3.63) is 16.1 Å². The van der Waals surface area contributed by atoms with Gasteiger partial charge in [-0.2, -0.15) is 0 Å². The van der Waals surface area contributed by atoms with Gasteiger partial charge in [0.1, 0.15) is 5.01 Å². The Kier molecular flexibility index (Phi) is 5.42. The number of hydrogen-bond acceptors (Lipinski definition) is 3. The lowest BCUT2D eigenvalue weighted by Gasteiger charge is -2.19. The average molecular weight is 240 g/mol. The quantitative estimate of drug-likeness (QED) is 0.818. The molecule has 16 heavy (non-hydrogen) atoms. The third-order valence-electron chi connectivity index (χ3n) is 3.23. The molecule has 0 aromatic carbocycles. The summed E-state index contributed by atoms with van der Waals surface area (Å²) < 4.78 is 0. The third-order valence-corrected chi connectivity index (χ3v) is 4.10. The van der Waals surface area contributed by atoms with E-state index in [9.17, 15) is 0 Å². The second-order valence-corrected chi connectivity index (χ2v) is 5.82. The molecule has 1 aromatic rings. The van der Waals surface area contributed by atoms with E-state index in [-0.39, 0.29) is 0 Å². The Morgan fingerprint density at radius 2 is 2.00 bits per heavy atom. The van der Waals surface area contributed by atoms with Crippen LogP contribution in [0.25, 0.3) is 0 Å². The SMILES string of the molecule is CCC(C)C(C)NCc1nc(C(C)C)cs1. The van der Waals surface area contributed by atoms with Crippen molar-refractivity contribution in [3.63, 3.8) is 0 Å². The van der Waals surface area contributed by atoms with Gasteiger partial charge in [-0.1, -0.05) is 34.1 Å². The number of rotatable bonds is 6. The molecule has 0 saturated carbocycles. The molecule has 0 aliphatic heterocycles. The van der Waals surface area contributed by atoms with Crippen molar-refractivity contribution in [2.45, 2.75) is 59.5 Å². The van der Waals surface area contributed by atoms with Crippen molar-refractivity contribution in [1.29, 1.82) is 0 Å². The molecular weight excluding hydrogens is 216 g/mol. The van der Waals surface area contributed by atoms with Gasteiger partial charge in [0.15, 0.2) is 0 Å². The fraction of sp³-hybridized carbons (Fsp3) is 0.769. The van der Waals surface area contributed by atoms with Crippen molar-refractivity contribution in [2.75, 3.05) is 0 Å². The monoisotopic (exact) mass is 240 g/mol. The smallest absolute Gasteiger partial charge is 0.107 e. The van der Waals surface area contributed by atoms with Crippen LogP contribution in [0.1, 0.15) is 57.7 Å². The van der Waals surface area contributed by atoms with E-state index in [0.29, 0.717) is 12.0 Å². The van der Waals surface area contributed by atoms with E-state index in [2.05, 4.69) is 50.3 Å². The zero-order valence-corrected chi connectivity index (χ0v) is 11.9. The first-order chi connectivity index (χ1) is 7.54. The molecule has 2 atom stereocenters. The van der Waals surface area contributed by atoms with Crippen molar-refractivity contribution < 1.29 is 0 Å². The fourth-order valence-corrected chi connectivity index (χ4v) is 2.38. The van der Waals surface area contributed by atoms with Gasteiger partial charge in [-0.25, -0.2) is 4.98 Å². The van der Waals surface area contributed by atoms with Crippen LogP contribution in [0, 0.1) is 5.92 Å². The number of hydrogen-bond donors (Lipinski definition) is 1. The highest BCUT2D eigenvalue weighted by atomic mass is 32.1. The van der Waals surface area contributed by atoms with Crippen molar-refractivity contribution >= 4 is 11.3 Å². The number of aromatic nitrogens is 1. The summed E-state index contributed by atoms with van der Waals surface area (Å²) in [4.78, 5) is 4.62. The Morgan fingerprint density at radius 3 is 2.50 bits per heavy atom. The summed E-state index contributed by atoms with van der Waals surface area (Å²) in [5, 5.41) is 6.93. The van der Waals surface area contributed by atoms with Gasteiger partial charge in [-0.3, -0.25) is 0 Å². The molecule has 2 nitrogen and oxygen atoms in total. The number of nitrogens with one attached hydrogen (secondary N) is 1. The lowest BCUT2D eigenvalue weighted by molar-refractivity contribution is 0.389. The Bertz CT molecular complexity index is 307. The summed E-state index contributed by atoms with van der Waals surface area (Å²) in [5.74, 6) is 1.27. The van der Waals surface area contributed by atoms with Gasteiger partial charge >= 0.3 is 0 Å². The normalized spacial score (nSPS) is 15.4. The van der Waals surface area contributed by atoms with Gasteiger partial charge in [-0.05, 0) is 18.8 Å². The Balaban J connectivity index is 2.42. The summed E-state index contributed by atoms with van der Waals surface area (Å²) >= 11 is 1.77. The van der Waals surface area contributed by atoms with Crippen LogP contribution in [0.2, 0.25) is 0 Å². The van der Waals surface area contributed by atoms with Crippen LogP contribution in [-0.4, -0.2) is 11.0 Å². The predicted octanol–water partition coefficient (Wildman–Crippen LogP) is 3.79. The van der Waals surface area contributed by atoms with E-state index >= 15 is 0 Å². The topological polar surface area (TPSA) is 24.9 Å². The van der Waals surface area contributed by atoms with E-state index in [1.54, 1.807) is 11.3 Å². The molecule has 3 heteroatoms. The Hall–Kier alpha value is -0.410. The summed E-state index contributed by atoms with van der Waals surface area (Å²) in [6.07, 6.45) is 1.23. The van der Waals surface area contributed by atoms with Gasteiger partial charge in [-0.15, -0.1) is 11.3 Å². The summed E-state index contributed by atoms with van der Waals surface area (Å²) in [6.45, 7) is 12.1. The molecule has 1 N–H and O–H groups in total. The summed E-state index contributed by atoms with van der Waals surface area (Å²) in [5.41, 5.74) is 1.22. The first-order valence-corrected chi connectivity index (χ1v) is 7.10. The van der Waals surface area contributed by atoms with Crippen LogP contribution in [0.4, 0.5) is 0 Å². The maximum absolute atomic E-state index is 4.62. The minimum atomic E-state index is 0.539. The molecule has 0 radical (unpaired) electrons. The number of nitrogens with zero attached hydrogens (tertiary/aromatic N) is 1. The van der Waals surface area contributed by atoms with Crippen LogP contribution < -0.4 is 5.32 Å². The molecule has 0 amide bonds. The highest BCUT2D eigenvalue weighted by Gasteiger charge is 2.11. The standard InChI is InChI=1S/C13H24N2S/c1-6-10(4)11(5)14-7-13-15-12(8-16-13)9(2)3/h8-11,14H,6-7H2,1-5H3. The van der Waals surface area contributed by atoms with Gasteiger partial charge in [0.2, 0.25) is 0 Å². The highest BCUT2D eigenvalue weighted by molar-refractivity contribution is 7.09. The summed E-state index contributed by atoms with van der Waals surface area (Å²) in [7, 11) is 0. The average Bonchev–Trinajstić information content (AvgIpc) is 2.73. The van der Waals surface area contributed by atoms with Gasteiger partial charge < -0.3 is 5.32 Å². The molecule has 0 bridgehead atoms. The maximum atomic E-state index is 4.62. The van der Waals surface area contributed by atoms with Crippen LogP contribution in [0.15, 0.2) is 5.38 Å². The molecule has 1 heterocycles. The van der Waals surface area contributed by atoms with E-state index < -0.39 is 0 Å². The fourth-order valence-electron chi connectivity index (χ4n) is 1.47. The van der Waals surface area contributed by atoms with Gasteiger partial charge in [0.25, 0.3) is 0 Å². The molecule has 0 aliphatic carbocycles. The molecule has 0 saturated heterocycles. The molecule has 1 aromatic heterocycles. The van der Waals surface area contributed by atoms with Crippen molar-refractivity contribution in [2.24, 2.45) is 5.92 Å². The van der Waals surface area contributed by atoms with E-state index in [1.165, 1.54) is 17.1 Å². The Labute approximate surface area is 103 Å². The molecule has 2 unspecified atom stereocenters. The first-order valence-electron chi connectivity index (χ1n) is 6.22. The third kappa shape index (κ3) is 3.87. The molecule has 0 fully saturated rings. The molecule has 0 spiro atoms. The number of thiazole rings is 1. The molecule has 92 valence electrons. The van der Waals surface area contributed by atoms with E-state index in [4.69, 9.17) is 0 Å². The highest BCUT2D eigenvalue weighted by Crippen LogP contribution is 2.18. The minimum absolute atomic E-state index is 0.539. The maximum Gasteiger partial charge on any atom is 0.107 e. The second kappa shape index (κ2) is 6.36. The van der Waals surface area contributed by atoms with E-state index in [1.807, 2.05) is 0 Å². The van der Waals surface area contributed by atoms with Crippen molar-refractivity contribution in [1.82, 2.24) is 10.3 Å². The molecular formula is C13H24N2S. The van der Waals surface area contributed by atoms with Gasteiger partial charge in [0.05, 0.1) is 5.69 Å².